The zero-order valence-electron chi connectivity index (χ0n) is 15.9. The minimum atomic E-state index is -5.77. The number of aliphatic hydroxyl groups excluding tert-OH is 1. The molecule has 0 bridgehead atoms. The largest absolute Gasteiger partial charge is 0.490 e. The summed E-state index contributed by atoms with van der Waals surface area (Å²) in [7, 11) is -16.9. The smallest absolute Gasteiger partial charge is 0.387 e. The Morgan fingerprint density at radius 2 is 1.81 bits per heavy atom. The number of aromatic amines is 1. The highest BCUT2D eigenvalue weighted by Crippen LogP contribution is 2.66. The van der Waals surface area contributed by atoms with Gasteiger partial charge in [0.15, 0.2) is 11.8 Å². The van der Waals surface area contributed by atoms with Gasteiger partial charge in [0.1, 0.15) is 12.2 Å². The number of phosphoric acid groups is 3. The van der Waals surface area contributed by atoms with E-state index in [2.05, 4.69) is 19.7 Å². The van der Waals surface area contributed by atoms with E-state index in [1.165, 1.54) is 6.92 Å². The normalized spacial score (nSPS) is 29.9. The van der Waals surface area contributed by atoms with Crippen LogP contribution in [0.4, 0.5) is 0 Å². The van der Waals surface area contributed by atoms with Crippen molar-refractivity contribution in [1.29, 1.82) is 0 Å². The van der Waals surface area contributed by atoms with Crippen LogP contribution in [0.25, 0.3) is 0 Å². The molecule has 0 aromatic carbocycles. The fourth-order valence-corrected chi connectivity index (χ4v) is 5.76. The van der Waals surface area contributed by atoms with Gasteiger partial charge in [0, 0.05) is 12.3 Å². The van der Waals surface area contributed by atoms with Gasteiger partial charge < -0.3 is 34.5 Å². The van der Waals surface area contributed by atoms with E-state index in [9.17, 15) is 38.4 Å². The molecule has 6 atom stereocenters. The molecule has 20 heteroatoms. The van der Waals surface area contributed by atoms with Crippen molar-refractivity contribution in [2.75, 3.05) is 6.61 Å². The Balaban J connectivity index is 2.24. The van der Waals surface area contributed by atoms with Crippen molar-refractivity contribution in [3.8, 4) is 0 Å². The number of hydrogen-bond donors (Lipinski definition) is 7. The lowest BCUT2D eigenvalue weighted by atomic mass is 9.87. The number of phosphoric ester groups is 1. The van der Waals surface area contributed by atoms with Crippen LogP contribution in [0, 0.1) is 0 Å². The van der Waals surface area contributed by atoms with Gasteiger partial charge in [0.2, 0.25) is 0 Å². The molecule has 2 rings (SSSR count). The molecule has 0 spiro atoms. The van der Waals surface area contributed by atoms with Crippen molar-refractivity contribution < 1.29 is 61.4 Å². The Morgan fingerprint density at radius 3 is 2.31 bits per heavy atom. The predicted molar refractivity (Wildman–Crippen MR) is 101 cm³/mol. The molecule has 0 radical (unpaired) electrons. The van der Waals surface area contributed by atoms with Gasteiger partial charge in [0.25, 0.3) is 5.56 Å². The summed E-state index contributed by atoms with van der Waals surface area (Å²) in [5.41, 5.74) is -4.30. The quantitative estimate of drug-likeness (QED) is 0.142. The van der Waals surface area contributed by atoms with Crippen molar-refractivity contribution in [3.63, 3.8) is 0 Å². The average Bonchev–Trinajstić information content (AvgIpc) is 2.83. The van der Waals surface area contributed by atoms with Gasteiger partial charge in [-0.1, -0.05) is 6.58 Å². The molecular formula is C12H19N2O15P3. The fraction of sp³-hybridized carbons (Fsp3) is 0.500. The molecule has 1 aromatic heterocycles. The highest BCUT2D eigenvalue weighted by Gasteiger charge is 2.57. The van der Waals surface area contributed by atoms with Crippen LogP contribution in [0.2, 0.25) is 0 Å². The van der Waals surface area contributed by atoms with Crippen LogP contribution in [0.1, 0.15) is 13.2 Å². The molecule has 1 aliphatic rings. The van der Waals surface area contributed by atoms with Crippen molar-refractivity contribution >= 4 is 23.5 Å². The lowest BCUT2D eigenvalue weighted by Crippen LogP contribution is -2.49. The van der Waals surface area contributed by atoms with E-state index in [1.807, 2.05) is 4.98 Å². The maximum absolute atomic E-state index is 12.1. The van der Waals surface area contributed by atoms with E-state index in [0.717, 1.165) is 12.3 Å². The zero-order valence-corrected chi connectivity index (χ0v) is 18.6. The third kappa shape index (κ3) is 6.18. The monoisotopic (exact) mass is 524 g/mol. The van der Waals surface area contributed by atoms with Gasteiger partial charge in [-0.05, 0) is 12.5 Å². The summed E-state index contributed by atoms with van der Waals surface area (Å²) < 4.78 is 51.4. The number of hydrogen-bond acceptors (Lipinski definition) is 11. The highest BCUT2D eigenvalue weighted by molar-refractivity contribution is 7.66. The number of aromatic nitrogens is 2. The van der Waals surface area contributed by atoms with E-state index in [1.54, 1.807) is 0 Å². The van der Waals surface area contributed by atoms with Crippen molar-refractivity contribution in [3.05, 3.63) is 45.3 Å². The van der Waals surface area contributed by atoms with Crippen LogP contribution in [-0.4, -0.2) is 63.8 Å². The molecule has 182 valence electrons. The second kappa shape index (κ2) is 9.16. The maximum atomic E-state index is 12.1. The molecule has 0 aliphatic carbocycles. The van der Waals surface area contributed by atoms with Gasteiger partial charge in [-0.25, -0.2) is 18.5 Å². The number of rotatable bonds is 9. The number of ether oxygens (including phenoxy) is 1. The third-order valence-electron chi connectivity index (χ3n) is 4.09. The van der Waals surface area contributed by atoms with Crippen LogP contribution < -0.4 is 11.2 Å². The topological polar surface area (TPSA) is 264 Å². The Morgan fingerprint density at radius 1 is 1.22 bits per heavy atom. The standard InChI is InChI=1S/C12H19N2O15P3/c1-6(2)12(18)9(16)7(27-10(12)14-4-3-8(15)13-11(14)17)5-26-31(22,23)29-32(24,25)28-30(19,20)21/h3-4,7,9-10,16,18H,1,5H2,2H3,(H,22,23)(H,24,25)(H,13,15,17)(H2,19,20,21)/t7-,9-,10-,12-/m1/s1. The van der Waals surface area contributed by atoms with Crippen LogP contribution in [-0.2, 0) is 31.6 Å². The Bertz CT molecular complexity index is 1140. The van der Waals surface area contributed by atoms with Gasteiger partial charge in [-0.15, -0.1) is 0 Å². The predicted octanol–water partition coefficient (Wildman–Crippen LogP) is -1.55. The minimum Gasteiger partial charge on any atom is -0.387 e. The molecule has 2 heterocycles. The van der Waals surface area contributed by atoms with Crippen LogP contribution in [0.15, 0.2) is 34.0 Å². The summed E-state index contributed by atoms with van der Waals surface area (Å²) in [5.74, 6) is 0. The van der Waals surface area contributed by atoms with E-state index >= 15 is 0 Å². The first-order chi connectivity index (χ1) is 14.4. The Hall–Kier alpha value is -1.29. The molecular weight excluding hydrogens is 505 g/mol. The molecule has 1 aliphatic heterocycles. The first kappa shape index (κ1) is 27.0. The molecule has 32 heavy (non-hydrogen) atoms. The first-order valence-corrected chi connectivity index (χ1v) is 12.7. The second-order valence-electron chi connectivity index (χ2n) is 6.48. The SMILES string of the molecule is C=C(C)[C@@]1(O)[C@H](O)[C@@H](COP(=O)(O)OP(=O)(O)OP(=O)(O)O)O[C@H]1n1ccc(=O)[nH]c1=O. The molecule has 0 amide bonds. The van der Waals surface area contributed by atoms with Crippen molar-refractivity contribution in [2.45, 2.75) is 31.0 Å². The Kier molecular flexibility index (Phi) is 7.72. The third-order valence-corrected chi connectivity index (χ3v) is 7.89. The highest BCUT2D eigenvalue weighted by atomic mass is 31.3. The van der Waals surface area contributed by atoms with E-state index in [0.29, 0.717) is 4.57 Å². The van der Waals surface area contributed by atoms with Gasteiger partial charge in [0.05, 0.1) is 6.61 Å². The molecule has 1 aromatic rings. The second-order valence-corrected chi connectivity index (χ2v) is 10.9. The van der Waals surface area contributed by atoms with Crippen LogP contribution in [0.3, 0.4) is 0 Å². The van der Waals surface area contributed by atoms with E-state index < -0.39 is 65.4 Å². The van der Waals surface area contributed by atoms with E-state index in [-0.39, 0.29) is 5.57 Å². The van der Waals surface area contributed by atoms with Gasteiger partial charge >= 0.3 is 29.2 Å². The van der Waals surface area contributed by atoms with Gasteiger partial charge in [-0.3, -0.25) is 18.9 Å². The lowest BCUT2D eigenvalue weighted by Gasteiger charge is -2.32. The minimum absolute atomic E-state index is 0.117. The average molecular weight is 524 g/mol. The Labute approximate surface area is 177 Å². The number of nitrogens with one attached hydrogen (secondary N) is 1. The van der Waals surface area contributed by atoms with Crippen LogP contribution in [0.5, 0.6) is 0 Å². The molecule has 1 fully saturated rings. The first-order valence-electron chi connectivity index (χ1n) is 8.20. The van der Waals surface area contributed by atoms with Gasteiger partial charge in [-0.2, -0.15) is 8.62 Å². The summed E-state index contributed by atoms with van der Waals surface area (Å²) in [4.78, 5) is 60.9. The fourth-order valence-electron chi connectivity index (χ4n) is 2.73. The van der Waals surface area contributed by atoms with Crippen molar-refractivity contribution in [1.82, 2.24) is 9.55 Å². The summed E-state index contributed by atoms with van der Waals surface area (Å²) in [5, 5.41) is 21.4. The molecule has 1 saturated heterocycles. The molecule has 2 unspecified atom stereocenters. The number of aliphatic hydroxyl groups is 2. The molecule has 0 saturated carbocycles. The van der Waals surface area contributed by atoms with Crippen molar-refractivity contribution in [2.24, 2.45) is 0 Å². The number of H-pyrrole nitrogens is 1. The lowest BCUT2D eigenvalue weighted by molar-refractivity contribution is -0.0872. The molecule has 17 nitrogen and oxygen atoms in total. The molecule has 7 N–H and O–H groups in total. The number of nitrogens with zero attached hydrogens (tertiary/aromatic N) is 1. The van der Waals surface area contributed by atoms with Crippen LogP contribution >= 0.6 is 23.5 Å². The summed E-state index contributed by atoms with van der Waals surface area (Å²) in [6.45, 7) is 3.66. The van der Waals surface area contributed by atoms with E-state index in [4.69, 9.17) is 19.4 Å². The summed E-state index contributed by atoms with van der Waals surface area (Å²) in [6.07, 6.45) is -4.38. The zero-order chi connectivity index (χ0) is 24.7. The summed E-state index contributed by atoms with van der Waals surface area (Å²) in [6, 6.07) is 0.912. The maximum Gasteiger partial charge on any atom is 0.490 e. The summed E-state index contributed by atoms with van der Waals surface area (Å²) >= 11 is 0.